The third-order valence-electron chi connectivity index (χ3n) is 8.90. The van der Waals surface area contributed by atoms with Crippen LogP contribution in [0.15, 0.2) is 47.4 Å². The highest BCUT2D eigenvalue weighted by Gasteiger charge is 2.50. The molecule has 0 aliphatic heterocycles. The van der Waals surface area contributed by atoms with Gasteiger partial charge in [-0.25, -0.2) is 12.8 Å². The number of benzene rings is 2. The van der Waals surface area contributed by atoms with Gasteiger partial charge in [-0.3, -0.25) is 14.4 Å². The molecule has 0 saturated heterocycles. The number of carboxylic acids is 1. The van der Waals surface area contributed by atoms with Crippen molar-refractivity contribution in [1.82, 2.24) is 5.32 Å². The van der Waals surface area contributed by atoms with Gasteiger partial charge in [0, 0.05) is 17.8 Å². The largest absolute Gasteiger partial charge is 0.502 e. The number of ether oxygens (including phenoxy) is 3. The normalized spacial score (nSPS) is 25.2. The maximum Gasteiger partial charge on any atom is 0.502 e. The van der Waals surface area contributed by atoms with Crippen LogP contribution in [-0.2, 0) is 19.4 Å². The van der Waals surface area contributed by atoms with Crippen molar-refractivity contribution in [3.05, 3.63) is 53.9 Å². The quantitative estimate of drug-likeness (QED) is 0.238. The highest BCUT2D eigenvalue weighted by molar-refractivity contribution is 7.92. The lowest BCUT2D eigenvalue weighted by atomic mass is 9.87. The number of carbonyl (C=O) groups is 3. The molecule has 2 aromatic carbocycles. The van der Waals surface area contributed by atoms with Crippen LogP contribution in [0.1, 0.15) is 42.5 Å². The summed E-state index contributed by atoms with van der Waals surface area (Å²) in [5, 5.41) is 14.5. The van der Waals surface area contributed by atoms with E-state index < -0.39 is 73.6 Å². The molecule has 3 N–H and O–H groups in total. The Labute approximate surface area is 267 Å². The lowest BCUT2D eigenvalue weighted by molar-refractivity contribution is -0.143. The predicted octanol–water partition coefficient (Wildman–Crippen LogP) is 4.72. The Hall–Kier alpha value is -4.34. The van der Waals surface area contributed by atoms with Crippen LogP contribution in [0.4, 0.5) is 23.2 Å². The average Bonchev–Trinajstić information content (AvgIpc) is 3.63. The van der Waals surface area contributed by atoms with Gasteiger partial charge in [0.05, 0.1) is 37.7 Å². The zero-order chi connectivity index (χ0) is 34.3. The average molecular weight is 685 g/mol. The van der Waals surface area contributed by atoms with E-state index in [9.17, 15) is 45.5 Å². The number of sulfone groups is 1. The van der Waals surface area contributed by atoms with Crippen LogP contribution in [-0.4, -0.2) is 63.2 Å². The van der Waals surface area contributed by atoms with Crippen molar-refractivity contribution >= 4 is 33.3 Å². The van der Waals surface area contributed by atoms with E-state index in [1.165, 1.54) is 19.2 Å². The number of hydrogen-bond acceptors (Lipinski definition) is 8. The number of rotatable bonds is 10. The summed E-state index contributed by atoms with van der Waals surface area (Å²) < 4.78 is 95.1. The molecule has 16 heteroatoms. The second-order valence-electron chi connectivity index (χ2n) is 11.7. The smallest absolute Gasteiger partial charge is 0.496 e. The molecule has 2 aromatic rings. The fourth-order valence-electron chi connectivity index (χ4n) is 6.50. The van der Waals surface area contributed by atoms with Crippen molar-refractivity contribution in [1.29, 1.82) is 0 Å². The standard InChI is InChI=1S/C31H32F4N2O9S/c1-44-22-10-7-18(12-25(22)47(42,43)31(33,34)35)36-29(39)26-16-3-4-17(11-16)27(26)37-28(38)20-13-24(21(32)14-23(20)45-2)46-19-8-5-15(6-9-19)30(40)41/h3-4,7,10,12-17,19,26-27H,5-6,8-9,11H2,1-2H3,(H,36,39)(H,37,38)(H,40,41)/t15?,16-,17+,19?,26+,27-/m1/s1. The van der Waals surface area contributed by atoms with E-state index in [-0.39, 0.29) is 34.6 Å². The first kappa shape index (κ1) is 34.0. The second kappa shape index (κ2) is 13.0. The molecule has 2 bridgehead atoms. The van der Waals surface area contributed by atoms with Crippen molar-refractivity contribution in [2.45, 2.75) is 54.7 Å². The molecular weight excluding hydrogens is 652 g/mol. The lowest BCUT2D eigenvalue weighted by Crippen LogP contribution is -2.47. The van der Waals surface area contributed by atoms with Crippen molar-refractivity contribution in [3.63, 3.8) is 0 Å². The topological polar surface area (TPSA) is 157 Å². The number of halogens is 4. The van der Waals surface area contributed by atoms with Crippen LogP contribution in [0.25, 0.3) is 0 Å². The number of anilines is 1. The van der Waals surface area contributed by atoms with Gasteiger partial charge in [-0.05, 0) is 68.2 Å². The summed E-state index contributed by atoms with van der Waals surface area (Å²) >= 11 is 0. The van der Waals surface area contributed by atoms with Crippen LogP contribution in [0.3, 0.4) is 0 Å². The molecule has 47 heavy (non-hydrogen) atoms. The van der Waals surface area contributed by atoms with E-state index in [2.05, 4.69) is 10.6 Å². The number of carbonyl (C=O) groups excluding carboxylic acids is 2. The van der Waals surface area contributed by atoms with Gasteiger partial charge >= 0.3 is 11.5 Å². The number of fused-ring (bicyclic) bond motifs is 2. The number of hydrogen-bond donors (Lipinski definition) is 3. The molecule has 5 rings (SSSR count). The monoisotopic (exact) mass is 684 g/mol. The number of allylic oxidation sites excluding steroid dienone is 1. The van der Waals surface area contributed by atoms with E-state index in [1.54, 1.807) is 6.08 Å². The molecule has 3 aliphatic rings. The summed E-state index contributed by atoms with van der Waals surface area (Å²) in [5.41, 5.74) is -5.92. The molecule has 0 spiro atoms. The van der Waals surface area contributed by atoms with Gasteiger partial charge in [-0.2, -0.15) is 13.2 Å². The van der Waals surface area contributed by atoms with Crippen LogP contribution >= 0.6 is 0 Å². The predicted molar refractivity (Wildman–Crippen MR) is 157 cm³/mol. The Morgan fingerprint density at radius 3 is 2.19 bits per heavy atom. The van der Waals surface area contributed by atoms with Crippen LogP contribution in [0, 0.1) is 29.5 Å². The summed E-state index contributed by atoms with van der Waals surface area (Å²) in [5.74, 6) is -5.93. The molecule has 3 aliphatic carbocycles. The second-order valence-corrected chi connectivity index (χ2v) is 13.6. The van der Waals surface area contributed by atoms with Gasteiger partial charge in [0.1, 0.15) is 16.4 Å². The first-order valence-electron chi connectivity index (χ1n) is 14.7. The number of methoxy groups -OCH3 is 2. The Balaban J connectivity index is 1.35. The van der Waals surface area contributed by atoms with Crippen molar-refractivity contribution in [2.24, 2.45) is 23.7 Å². The molecule has 2 fully saturated rings. The fraction of sp³-hybridized carbons (Fsp3) is 0.452. The first-order chi connectivity index (χ1) is 22.1. The summed E-state index contributed by atoms with van der Waals surface area (Å²) in [6.45, 7) is 0. The minimum Gasteiger partial charge on any atom is -0.496 e. The lowest BCUT2D eigenvalue weighted by Gasteiger charge is -2.29. The van der Waals surface area contributed by atoms with E-state index in [4.69, 9.17) is 14.2 Å². The van der Waals surface area contributed by atoms with Crippen LogP contribution < -0.4 is 24.8 Å². The Morgan fingerprint density at radius 2 is 1.57 bits per heavy atom. The van der Waals surface area contributed by atoms with Gasteiger partial charge < -0.3 is 30.0 Å². The maximum atomic E-state index is 15.0. The Morgan fingerprint density at radius 1 is 0.915 bits per heavy atom. The molecule has 0 radical (unpaired) electrons. The van der Waals surface area contributed by atoms with Gasteiger partial charge in [-0.1, -0.05) is 12.2 Å². The number of amides is 2. The summed E-state index contributed by atoms with van der Waals surface area (Å²) in [7, 11) is -3.55. The van der Waals surface area contributed by atoms with Crippen LogP contribution in [0.5, 0.6) is 17.2 Å². The van der Waals surface area contributed by atoms with Crippen molar-refractivity contribution in [3.8, 4) is 17.2 Å². The minimum atomic E-state index is -5.81. The summed E-state index contributed by atoms with van der Waals surface area (Å²) in [6.07, 6.45) is 5.17. The van der Waals surface area contributed by atoms with Gasteiger partial charge in [0.25, 0.3) is 15.7 Å². The first-order valence-corrected chi connectivity index (χ1v) is 16.2. The molecule has 4 atom stereocenters. The molecule has 0 heterocycles. The maximum absolute atomic E-state index is 15.0. The zero-order valence-electron chi connectivity index (χ0n) is 25.2. The van der Waals surface area contributed by atoms with Crippen molar-refractivity contribution < 1.29 is 59.7 Å². The highest BCUT2D eigenvalue weighted by Crippen LogP contribution is 2.45. The summed E-state index contributed by atoms with van der Waals surface area (Å²) in [4.78, 5) is 37.2. The Bertz CT molecular complexity index is 1700. The highest BCUT2D eigenvalue weighted by atomic mass is 32.2. The fourth-order valence-corrected chi connectivity index (χ4v) is 7.45. The molecule has 11 nitrogen and oxygen atoms in total. The molecule has 0 aromatic heterocycles. The van der Waals surface area contributed by atoms with Crippen molar-refractivity contribution in [2.75, 3.05) is 19.5 Å². The molecule has 2 saturated carbocycles. The zero-order valence-corrected chi connectivity index (χ0v) is 26.0. The third kappa shape index (κ3) is 6.73. The van der Waals surface area contributed by atoms with Gasteiger partial charge in [0.15, 0.2) is 11.6 Å². The number of carboxylic acid groups (broad SMARTS) is 1. The SMILES string of the molecule is COc1cc(F)c(OC2CCC(C(=O)O)CC2)cc1C(=O)N[C@H]1[C@@H](C(=O)Nc2ccc(OC)c(S(=O)(=O)C(F)(F)F)c2)[C@@H]2C=C[C@H]1C2. The Kier molecular flexibility index (Phi) is 9.44. The number of alkyl halides is 3. The van der Waals surface area contributed by atoms with E-state index in [1.807, 2.05) is 6.08 Å². The van der Waals surface area contributed by atoms with Crippen LogP contribution in [0.2, 0.25) is 0 Å². The molecule has 2 amide bonds. The minimum absolute atomic E-state index is 0.0776. The van der Waals surface area contributed by atoms with E-state index in [0.717, 1.165) is 19.2 Å². The molecule has 254 valence electrons. The van der Waals surface area contributed by atoms with Gasteiger partial charge in [0.2, 0.25) is 5.91 Å². The molecule has 0 unspecified atom stereocenters. The number of nitrogens with one attached hydrogen (secondary N) is 2. The van der Waals surface area contributed by atoms with E-state index in [0.29, 0.717) is 38.2 Å². The van der Waals surface area contributed by atoms with E-state index >= 15 is 0 Å². The number of aliphatic carboxylic acids is 1. The summed E-state index contributed by atoms with van der Waals surface area (Å²) in [6, 6.07) is 4.25. The third-order valence-corrected chi connectivity index (χ3v) is 10.4. The van der Waals surface area contributed by atoms with Gasteiger partial charge in [-0.15, -0.1) is 0 Å². The molecular formula is C31H32F4N2O9S.